The van der Waals surface area contributed by atoms with Crippen LogP contribution in [0.25, 0.3) is 10.9 Å². The first-order valence-electron chi connectivity index (χ1n) is 43.1. The van der Waals surface area contributed by atoms with Crippen LogP contribution >= 0.6 is 0 Å². The molecule has 2 fully saturated rings. The SMILES string of the molecule is CCCCCCCCCCCCCCCC(=O)NCC(=O)N[C@@H](CO)C(=O)N[C@@H](CCC(N)=O)C(=O)N[C@@H](Cc1c[nH]cn1)C(=O)N[C@@H](CN)C(=O)N[C@@H](CCCC)C(=O)N[C@H]1CCC(=O)CNCCCC[C@@H](C(N)=O)NC(=O)[C@H](Cc2c[nH]c3ccccc23)NC(=O)[C@H](CCCNC(=N)N)NC(=O)[C@@H](Cc2ccccc2)NC(=O)[C@@H]2C[C@@H](O)CN2C1=O. The molecule has 0 saturated carbocycles. The number of hydrogen-bond donors (Lipinski definition) is 22. The summed E-state index contributed by atoms with van der Waals surface area (Å²) in [4.78, 5) is 223. The number of aliphatic hydroxyl groups excluding tert-OH is 2. The summed E-state index contributed by atoms with van der Waals surface area (Å²) in [5.41, 5.74) is 25.2. The van der Waals surface area contributed by atoms with E-state index in [9.17, 15) is 67.7 Å². The first-order valence-corrected chi connectivity index (χ1v) is 43.1. The number of primary amides is 2. The van der Waals surface area contributed by atoms with Gasteiger partial charge in [-0.25, -0.2) is 4.98 Å². The van der Waals surface area contributed by atoms with Crippen molar-refractivity contribution >= 4 is 105 Å². The number of unbranched alkanes of at least 4 members (excludes halogenated alkanes) is 13. The van der Waals surface area contributed by atoms with E-state index in [2.05, 4.69) is 91.0 Å². The van der Waals surface area contributed by atoms with Gasteiger partial charge in [0.05, 0.1) is 37.8 Å². The number of nitrogens with one attached hydrogen (secondary N) is 16. The Morgan fingerprint density at radius 3 is 1.85 bits per heavy atom. The number of rotatable bonds is 46. The van der Waals surface area contributed by atoms with Crippen LogP contribution in [0.4, 0.5) is 0 Å². The van der Waals surface area contributed by atoms with Crippen molar-refractivity contribution in [2.45, 2.75) is 279 Å². The lowest BCUT2D eigenvalue weighted by atomic mass is 10.0. The largest absolute Gasteiger partial charge is 0.394 e. The van der Waals surface area contributed by atoms with Gasteiger partial charge in [0.15, 0.2) is 5.96 Å². The number of H-pyrrole nitrogens is 2. The third kappa shape index (κ3) is 36.3. The summed E-state index contributed by atoms with van der Waals surface area (Å²) in [6.45, 7) is 1.36. The van der Waals surface area contributed by atoms with E-state index in [4.69, 9.17) is 28.3 Å². The Hall–Kier alpha value is -11.5. The molecule has 4 aromatic rings. The highest BCUT2D eigenvalue weighted by Gasteiger charge is 2.44. The number of Topliss-reactive ketones (excluding diaryl/α,β-unsaturated/α-hetero) is 1. The molecule has 123 heavy (non-hydrogen) atoms. The maximum absolute atomic E-state index is 15.3. The Kier molecular flexibility index (Phi) is 44.7. The molecule has 2 aliphatic rings. The normalized spacial score (nSPS) is 19.7. The highest BCUT2D eigenvalue weighted by molar-refractivity contribution is 6.01. The Morgan fingerprint density at radius 1 is 0.602 bits per heavy atom. The van der Waals surface area contributed by atoms with Gasteiger partial charge in [0.2, 0.25) is 82.7 Å². The molecule has 0 bridgehead atoms. The minimum absolute atomic E-state index is 0.0291. The van der Waals surface area contributed by atoms with E-state index in [0.717, 1.165) is 41.5 Å². The third-order valence-electron chi connectivity index (χ3n) is 21.6. The van der Waals surface area contributed by atoms with E-state index in [1.807, 2.05) is 18.2 Å². The van der Waals surface area contributed by atoms with Gasteiger partial charge < -0.3 is 117 Å². The van der Waals surface area contributed by atoms with E-state index >= 15 is 14.4 Å². The monoisotopic (exact) mass is 1720 g/mol. The van der Waals surface area contributed by atoms with Crippen LogP contribution in [0, 0.1) is 5.41 Å². The molecule has 26 N–H and O–H groups in total. The number of para-hydroxylation sites is 1. The molecular formula is C84H130N22O17. The first kappa shape index (κ1) is 100. The summed E-state index contributed by atoms with van der Waals surface area (Å²) in [6.07, 6.45) is 16.2. The lowest BCUT2D eigenvalue weighted by Crippen LogP contribution is -2.62. The number of aliphatic hydroxyl groups is 2. The van der Waals surface area contributed by atoms with Gasteiger partial charge in [-0.05, 0) is 81.5 Å². The second-order valence-corrected chi connectivity index (χ2v) is 31.6. The van der Waals surface area contributed by atoms with Crippen molar-refractivity contribution in [2.24, 2.45) is 22.9 Å². The van der Waals surface area contributed by atoms with E-state index in [1.165, 1.54) is 63.9 Å². The zero-order valence-electron chi connectivity index (χ0n) is 70.7. The summed E-state index contributed by atoms with van der Waals surface area (Å²) in [5, 5.41) is 64.3. The number of amides is 14. The molecule has 2 saturated heterocycles. The second kappa shape index (κ2) is 54.8. The molecule has 39 nitrogen and oxygen atoms in total. The Labute approximate surface area is 716 Å². The number of aromatic nitrogens is 3. The Balaban J connectivity index is 1.19. The van der Waals surface area contributed by atoms with Gasteiger partial charge in [0, 0.05) is 87.9 Å². The molecule has 2 aliphatic heterocycles. The summed E-state index contributed by atoms with van der Waals surface area (Å²) in [6, 6.07) is -1.29. The molecule has 2 aromatic carbocycles. The van der Waals surface area contributed by atoms with Gasteiger partial charge >= 0.3 is 0 Å². The quantitative estimate of drug-likeness (QED) is 0.0137. The fourth-order valence-corrected chi connectivity index (χ4v) is 14.6. The molecule has 4 heterocycles. The van der Waals surface area contributed by atoms with Gasteiger partial charge in [-0.3, -0.25) is 77.3 Å². The average molecular weight is 1720 g/mol. The van der Waals surface area contributed by atoms with Crippen molar-refractivity contribution in [2.75, 3.05) is 45.9 Å². The fourth-order valence-electron chi connectivity index (χ4n) is 14.6. The van der Waals surface area contributed by atoms with Crippen LogP contribution in [-0.2, 0) is 91.2 Å². The number of carbonyl (C=O) groups excluding carboxylic acids is 15. The zero-order valence-corrected chi connectivity index (χ0v) is 70.7. The molecule has 0 aliphatic carbocycles. The molecule has 12 atom stereocenters. The van der Waals surface area contributed by atoms with Crippen molar-refractivity contribution in [1.82, 2.24) is 89.0 Å². The third-order valence-corrected chi connectivity index (χ3v) is 21.6. The minimum atomic E-state index is -1.68. The fraction of sp³-hybridized carbons (Fsp3) is 0.607. The van der Waals surface area contributed by atoms with Crippen LogP contribution < -0.4 is 92.1 Å². The van der Waals surface area contributed by atoms with Crippen LogP contribution in [0.5, 0.6) is 0 Å². The van der Waals surface area contributed by atoms with Gasteiger partial charge in [-0.15, -0.1) is 0 Å². The predicted octanol–water partition coefficient (Wildman–Crippen LogP) is -1.40. The lowest BCUT2D eigenvalue weighted by molar-refractivity contribution is -0.143. The van der Waals surface area contributed by atoms with Gasteiger partial charge in [0.1, 0.15) is 72.2 Å². The summed E-state index contributed by atoms with van der Waals surface area (Å²) in [7, 11) is 0. The van der Waals surface area contributed by atoms with E-state index in [0.29, 0.717) is 30.4 Å². The van der Waals surface area contributed by atoms with Crippen LogP contribution in [-0.4, -0.2) is 243 Å². The van der Waals surface area contributed by atoms with E-state index in [-0.39, 0.29) is 108 Å². The second-order valence-electron chi connectivity index (χ2n) is 31.6. The maximum Gasteiger partial charge on any atom is 0.245 e. The van der Waals surface area contributed by atoms with E-state index in [1.54, 1.807) is 49.5 Å². The Bertz CT molecular complexity index is 4090. The highest BCUT2D eigenvalue weighted by atomic mass is 16.3. The number of fused-ring (bicyclic) bond motifs is 2. The molecule has 6 rings (SSSR count). The molecule has 0 unspecified atom stereocenters. The number of nitrogens with two attached hydrogens (primary N) is 4. The molecule has 0 radical (unpaired) electrons. The van der Waals surface area contributed by atoms with Gasteiger partial charge in [0.25, 0.3) is 0 Å². The Morgan fingerprint density at radius 2 is 1.20 bits per heavy atom. The number of benzene rings is 2. The molecule has 14 amide bonds. The molecule has 0 spiro atoms. The standard InChI is InChI=1S/C84H130N22O17/c1-3-5-7-8-9-10-11-12-13-14-15-16-20-33-71(111)94-48-72(112)96-68(50-107)81(121)100-62(36-37-70(86)110)76(116)103-66(42-54-46-91-51-95-54)79(119)105-67(44-85)80(120)99-60(29-6-4-2)74(114)101-63-35-34-55(108)47-90-38-24-23-31-59(73(87)113)97-78(118)65(41-53-45-93-58-30-22-21-28-57(53)58)102-75(115)61(32-25-39-92-84(88)89)98-77(117)64(40-52-26-18-17-19-27-52)104-82(122)69-43-56(109)49-106(69)83(63)123/h17-19,21-22,26-28,30,45-46,51,56,59-69,90,93,107,109H,3-16,20,23-25,29,31-44,47-50,85H2,1-2H3,(H2,86,110)(H2,87,113)(H,91,95)(H,94,111)(H,96,112)(H,97,118)(H,98,117)(H,99,120)(H,100,121)(H,101,114)(H,102,115)(H,103,116)(H,104,122)(H,105,119)(H4,88,89,92)/t56-,59+,60+,61+,62+,63+,64-,65+,66+,67+,68+,69+/m1/s1. The predicted molar refractivity (Wildman–Crippen MR) is 457 cm³/mol. The van der Waals surface area contributed by atoms with E-state index < -0.39 is 207 Å². The van der Waals surface area contributed by atoms with Crippen molar-refractivity contribution in [3.05, 3.63) is 90.1 Å². The molecule has 2 aromatic heterocycles. The lowest BCUT2D eigenvalue weighted by Gasteiger charge is -2.31. The number of hydrogen-bond acceptors (Lipinski definition) is 21. The summed E-state index contributed by atoms with van der Waals surface area (Å²) in [5.74, 6) is -13.5. The van der Waals surface area contributed by atoms with Gasteiger partial charge in [-0.2, -0.15) is 0 Å². The molecule has 39 heteroatoms. The van der Waals surface area contributed by atoms with Crippen molar-refractivity contribution in [3.63, 3.8) is 0 Å². The van der Waals surface area contributed by atoms with Crippen LogP contribution in [0.15, 0.2) is 73.3 Å². The van der Waals surface area contributed by atoms with Crippen LogP contribution in [0.2, 0.25) is 0 Å². The molecular weight excluding hydrogens is 1590 g/mol. The zero-order chi connectivity index (χ0) is 89.6. The first-order chi connectivity index (χ1) is 59.1. The minimum Gasteiger partial charge on any atom is -0.394 e. The maximum atomic E-state index is 15.3. The number of carbonyl (C=O) groups is 15. The van der Waals surface area contributed by atoms with Crippen LogP contribution in [0.3, 0.4) is 0 Å². The topological polar surface area (TPSA) is 629 Å². The van der Waals surface area contributed by atoms with Crippen molar-refractivity contribution < 1.29 is 82.1 Å². The van der Waals surface area contributed by atoms with Crippen LogP contribution in [0.1, 0.15) is 204 Å². The van der Waals surface area contributed by atoms with Crippen molar-refractivity contribution in [1.29, 1.82) is 5.41 Å². The number of nitrogens with zero attached hydrogens (tertiary/aromatic N) is 2. The summed E-state index contributed by atoms with van der Waals surface area (Å²) >= 11 is 0. The highest BCUT2D eigenvalue weighted by Crippen LogP contribution is 2.24. The average Bonchev–Trinajstić information content (AvgIpc) is 1.69. The van der Waals surface area contributed by atoms with Gasteiger partial charge in [-0.1, -0.05) is 152 Å². The number of aromatic amines is 2. The van der Waals surface area contributed by atoms with Crippen molar-refractivity contribution in [3.8, 4) is 0 Å². The number of ketones is 1. The smallest absolute Gasteiger partial charge is 0.245 e. The summed E-state index contributed by atoms with van der Waals surface area (Å²) < 4.78 is 0. The molecule has 678 valence electrons. The number of guanidine groups is 1. The number of imidazole rings is 1.